The van der Waals surface area contributed by atoms with Gasteiger partial charge in [-0.25, -0.2) is 14.2 Å². The van der Waals surface area contributed by atoms with Gasteiger partial charge in [0.25, 0.3) is 0 Å². The first kappa shape index (κ1) is 27.4. The molecular formula is C27H30FN5O4. The van der Waals surface area contributed by atoms with E-state index in [1.54, 1.807) is 25.7 Å². The normalized spacial score (nSPS) is 14.4. The molecule has 194 valence electrons. The zero-order chi connectivity index (χ0) is 27.3. The molecule has 2 heterocycles. The highest BCUT2D eigenvalue weighted by Gasteiger charge is 2.34. The highest BCUT2D eigenvalue weighted by atomic mass is 19.1. The van der Waals surface area contributed by atoms with Crippen LogP contribution in [0.3, 0.4) is 0 Å². The molecule has 0 saturated carbocycles. The van der Waals surface area contributed by atoms with Crippen LogP contribution in [0.1, 0.15) is 61.6 Å². The molecule has 1 aromatic heterocycles. The Morgan fingerprint density at radius 1 is 1.08 bits per heavy atom. The maximum atomic E-state index is 13.6. The van der Waals surface area contributed by atoms with Gasteiger partial charge >= 0.3 is 12.1 Å². The lowest BCUT2D eigenvalue weighted by molar-refractivity contribution is -0.141. The van der Waals surface area contributed by atoms with Gasteiger partial charge in [0, 0.05) is 26.2 Å². The number of amides is 1. The highest BCUT2D eigenvalue weighted by Crippen LogP contribution is 2.35. The molecule has 1 saturated heterocycles. The molecule has 0 bridgehead atoms. The molecule has 9 nitrogen and oxygen atoms in total. The number of esters is 1. The number of nitrogens with zero attached hydrogens (tertiary/aromatic N) is 5. The summed E-state index contributed by atoms with van der Waals surface area (Å²) in [6.07, 6.45) is -0.0683. The predicted molar refractivity (Wildman–Crippen MR) is 133 cm³/mol. The van der Waals surface area contributed by atoms with Gasteiger partial charge in [-0.1, -0.05) is 19.1 Å². The number of anilines is 1. The fourth-order valence-electron chi connectivity index (χ4n) is 4.28. The first-order valence-electron chi connectivity index (χ1n) is 12.0. The van der Waals surface area contributed by atoms with Crippen molar-refractivity contribution >= 4 is 17.9 Å². The van der Waals surface area contributed by atoms with E-state index in [1.165, 1.54) is 31.4 Å². The van der Waals surface area contributed by atoms with Crippen LogP contribution in [0.15, 0.2) is 24.3 Å². The summed E-state index contributed by atoms with van der Waals surface area (Å²) in [4.78, 5) is 33.6. The van der Waals surface area contributed by atoms with Gasteiger partial charge < -0.3 is 19.3 Å². The van der Waals surface area contributed by atoms with Gasteiger partial charge in [-0.2, -0.15) is 10.5 Å². The van der Waals surface area contributed by atoms with E-state index in [4.69, 9.17) is 14.5 Å². The van der Waals surface area contributed by atoms with E-state index in [0.717, 1.165) is 0 Å². The summed E-state index contributed by atoms with van der Waals surface area (Å²) in [5.41, 5.74) is 0.762. The number of halogens is 1. The van der Waals surface area contributed by atoms with Crippen LogP contribution in [0.5, 0.6) is 0 Å². The molecule has 0 aliphatic carbocycles. The van der Waals surface area contributed by atoms with Crippen molar-refractivity contribution in [1.82, 2.24) is 9.88 Å². The Bertz CT molecular complexity index is 1250. The minimum atomic E-state index is -1.10. The van der Waals surface area contributed by atoms with E-state index >= 15 is 0 Å². The summed E-state index contributed by atoms with van der Waals surface area (Å²) in [6.45, 7) is 8.64. The van der Waals surface area contributed by atoms with Crippen LogP contribution in [0, 0.1) is 28.5 Å². The minimum absolute atomic E-state index is 0.120. The van der Waals surface area contributed by atoms with Crippen molar-refractivity contribution in [2.45, 2.75) is 45.6 Å². The second kappa shape index (κ2) is 11.3. The number of aromatic nitrogens is 1. The van der Waals surface area contributed by atoms with Gasteiger partial charge in [-0.3, -0.25) is 4.79 Å². The Hall–Kier alpha value is -4.18. The smallest absolute Gasteiger partial charge is 0.410 e. The largest absolute Gasteiger partial charge is 0.468 e. The standard InChI is InChI=1S/C27H30FN5O4/c1-6-19-20(15-29)23(22(25(34)36-5)17-7-9-18(28)10-8-17)31-24(21(19)16-30)32-11-13-33(14-12-32)26(35)37-27(2,3)4/h7-10,22H,6,11-14H2,1-5H3. The zero-order valence-electron chi connectivity index (χ0n) is 21.7. The summed E-state index contributed by atoms with van der Waals surface area (Å²) < 4.78 is 24.1. The second-order valence-corrected chi connectivity index (χ2v) is 9.59. The van der Waals surface area contributed by atoms with Gasteiger partial charge in [-0.05, 0) is 50.5 Å². The van der Waals surface area contributed by atoms with Gasteiger partial charge in [0.2, 0.25) is 0 Å². The Balaban J connectivity index is 2.09. The Morgan fingerprint density at radius 2 is 1.68 bits per heavy atom. The average Bonchev–Trinajstić information content (AvgIpc) is 2.87. The van der Waals surface area contributed by atoms with Gasteiger partial charge in [0.1, 0.15) is 35.3 Å². The van der Waals surface area contributed by atoms with Crippen molar-refractivity contribution in [3.05, 3.63) is 58.0 Å². The van der Waals surface area contributed by atoms with E-state index in [9.17, 15) is 24.5 Å². The van der Waals surface area contributed by atoms with Crippen LogP contribution in [-0.4, -0.2) is 60.8 Å². The van der Waals surface area contributed by atoms with E-state index in [1.807, 2.05) is 11.8 Å². The van der Waals surface area contributed by atoms with Gasteiger partial charge in [0.05, 0.1) is 23.9 Å². The number of nitriles is 2. The number of rotatable bonds is 5. The van der Waals surface area contributed by atoms with Crippen LogP contribution in [0.2, 0.25) is 0 Å². The number of piperazine rings is 1. The summed E-state index contributed by atoms with van der Waals surface area (Å²) in [5.74, 6) is -1.91. The molecule has 1 aliphatic heterocycles. The van der Waals surface area contributed by atoms with Crippen molar-refractivity contribution in [3.63, 3.8) is 0 Å². The number of hydrogen-bond acceptors (Lipinski definition) is 8. The Kier molecular flexibility index (Phi) is 8.34. The van der Waals surface area contributed by atoms with Crippen LogP contribution in [0.4, 0.5) is 15.0 Å². The molecule has 10 heteroatoms. The molecule has 1 fully saturated rings. The third kappa shape index (κ3) is 5.97. The SMILES string of the molecule is CCc1c(C#N)c(C(C(=O)OC)c2ccc(F)cc2)nc(N2CCN(C(=O)OC(C)(C)C)CC2)c1C#N. The van der Waals surface area contributed by atoms with E-state index in [-0.39, 0.29) is 16.8 Å². The summed E-state index contributed by atoms with van der Waals surface area (Å²) in [5, 5.41) is 20.1. The summed E-state index contributed by atoms with van der Waals surface area (Å²) in [6, 6.07) is 9.64. The van der Waals surface area contributed by atoms with Crippen LogP contribution < -0.4 is 4.90 Å². The lowest BCUT2D eigenvalue weighted by Crippen LogP contribution is -2.50. The minimum Gasteiger partial charge on any atom is -0.468 e. The molecular weight excluding hydrogens is 477 g/mol. The lowest BCUT2D eigenvalue weighted by atomic mass is 9.88. The molecule has 1 unspecified atom stereocenters. The number of methoxy groups -OCH3 is 1. The molecule has 0 spiro atoms. The number of benzene rings is 1. The average molecular weight is 508 g/mol. The lowest BCUT2D eigenvalue weighted by Gasteiger charge is -2.37. The number of carbonyl (C=O) groups is 2. The van der Waals surface area contributed by atoms with E-state index in [0.29, 0.717) is 49.5 Å². The van der Waals surface area contributed by atoms with Crippen molar-refractivity contribution in [2.75, 3.05) is 38.2 Å². The van der Waals surface area contributed by atoms with Crippen LogP contribution in [-0.2, 0) is 20.7 Å². The van der Waals surface area contributed by atoms with Gasteiger partial charge in [-0.15, -0.1) is 0 Å². The second-order valence-electron chi connectivity index (χ2n) is 9.59. The van der Waals surface area contributed by atoms with Crippen LogP contribution in [0.25, 0.3) is 0 Å². The molecule has 0 radical (unpaired) electrons. The van der Waals surface area contributed by atoms with Crippen molar-refractivity contribution < 1.29 is 23.5 Å². The molecule has 1 aliphatic rings. The molecule has 0 N–H and O–H groups in total. The third-order valence-corrected chi connectivity index (χ3v) is 6.03. The highest BCUT2D eigenvalue weighted by molar-refractivity contribution is 5.83. The molecule has 1 amide bonds. The maximum absolute atomic E-state index is 13.6. The zero-order valence-corrected chi connectivity index (χ0v) is 21.7. The van der Waals surface area contributed by atoms with E-state index < -0.39 is 29.4 Å². The third-order valence-electron chi connectivity index (χ3n) is 6.03. The molecule has 37 heavy (non-hydrogen) atoms. The number of pyridine rings is 1. The molecule has 1 aromatic carbocycles. The fourth-order valence-corrected chi connectivity index (χ4v) is 4.28. The first-order chi connectivity index (χ1) is 17.5. The molecule has 2 aromatic rings. The van der Waals surface area contributed by atoms with Crippen LogP contribution >= 0.6 is 0 Å². The number of carbonyl (C=O) groups excluding carboxylic acids is 2. The first-order valence-corrected chi connectivity index (χ1v) is 12.0. The summed E-state index contributed by atoms with van der Waals surface area (Å²) >= 11 is 0. The van der Waals surface area contributed by atoms with E-state index in [2.05, 4.69) is 12.1 Å². The molecule has 3 rings (SSSR count). The van der Waals surface area contributed by atoms with Crippen molar-refractivity contribution in [3.8, 4) is 12.1 Å². The van der Waals surface area contributed by atoms with Crippen molar-refractivity contribution in [1.29, 1.82) is 10.5 Å². The quantitative estimate of drug-likeness (QED) is 0.559. The fraction of sp³-hybridized carbons (Fsp3) is 0.444. The topological polar surface area (TPSA) is 120 Å². The number of hydrogen-bond donors (Lipinski definition) is 0. The Labute approximate surface area is 216 Å². The summed E-state index contributed by atoms with van der Waals surface area (Å²) in [7, 11) is 1.23. The van der Waals surface area contributed by atoms with Gasteiger partial charge in [0.15, 0.2) is 0 Å². The predicted octanol–water partition coefficient (Wildman–Crippen LogP) is 3.89. The number of ether oxygens (including phenoxy) is 2. The van der Waals surface area contributed by atoms with Crippen molar-refractivity contribution in [2.24, 2.45) is 0 Å². The monoisotopic (exact) mass is 507 g/mol. The Morgan fingerprint density at radius 3 is 2.16 bits per heavy atom. The molecule has 1 atom stereocenters. The maximum Gasteiger partial charge on any atom is 0.410 e.